The lowest BCUT2D eigenvalue weighted by atomic mass is 10.2. The van der Waals surface area contributed by atoms with Gasteiger partial charge in [-0.25, -0.2) is 9.67 Å². The summed E-state index contributed by atoms with van der Waals surface area (Å²) >= 11 is 1.30. The molecule has 29 heavy (non-hydrogen) atoms. The molecule has 2 aromatic heterocycles. The van der Waals surface area contributed by atoms with Crippen molar-refractivity contribution in [2.24, 2.45) is 0 Å². The van der Waals surface area contributed by atoms with E-state index in [0.717, 1.165) is 12.8 Å². The van der Waals surface area contributed by atoms with Gasteiger partial charge in [-0.1, -0.05) is 37.7 Å². The van der Waals surface area contributed by atoms with E-state index >= 15 is 0 Å². The van der Waals surface area contributed by atoms with Crippen molar-refractivity contribution in [3.05, 3.63) is 46.9 Å². The van der Waals surface area contributed by atoms with Crippen LogP contribution in [0.3, 0.4) is 0 Å². The number of benzene rings is 1. The minimum Gasteiger partial charge on any atom is -0.310 e. The van der Waals surface area contributed by atoms with Gasteiger partial charge in [0.05, 0.1) is 28.4 Å². The van der Waals surface area contributed by atoms with Crippen LogP contribution in [0.5, 0.6) is 0 Å². The number of carbonyl (C=O) groups is 1. The van der Waals surface area contributed by atoms with Crippen molar-refractivity contribution in [2.75, 3.05) is 5.32 Å². The van der Waals surface area contributed by atoms with Gasteiger partial charge in [0.1, 0.15) is 5.82 Å². The summed E-state index contributed by atoms with van der Waals surface area (Å²) in [7, 11) is 0. The topological polar surface area (TPSA) is 81.8 Å². The van der Waals surface area contributed by atoms with Crippen LogP contribution in [0.15, 0.2) is 46.5 Å². The highest BCUT2D eigenvalue weighted by Gasteiger charge is 2.21. The molecule has 3 rings (SSSR count). The zero-order valence-corrected chi connectivity index (χ0v) is 18.1. The van der Waals surface area contributed by atoms with Gasteiger partial charge >= 0.3 is 0 Å². The van der Waals surface area contributed by atoms with Gasteiger partial charge in [-0.2, -0.15) is 5.10 Å². The Balaban J connectivity index is 1.85. The number of hydrogen-bond acceptors (Lipinski definition) is 5. The Morgan fingerprint density at radius 1 is 1.21 bits per heavy atom. The Morgan fingerprint density at radius 3 is 2.69 bits per heavy atom. The molecule has 0 aliphatic carbocycles. The predicted octanol–water partition coefficient (Wildman–Crippen LogP) is 4.09. The van der Waals surface area contributed by atoms with Crippen LogP contribution in [-0.4, -0.2) is 30.5 Å². The minimum absolute atomic E-state index is 0.0672. The monoisotopic (exact) mass is 413 g/mol. The summed E-state index contributed by atoms with van der Waals surface area (Å²) < 4.78 is 3.48. The maximum Gasteiger partial charge on any atom is 0.262 e. The second-order valence-corrected chi connectivity index (χ2v) is 8.34. The van der Waals surface area contributed by atoms with Crippen molar-refractivity contribution >= 4 is 34.4 Å². The highest BCUT2D eigenvalue weighted by molar-refractivity contribution is 8.00. The van der Waals surface area contributed by atoms with Gasteiger partial charge < -0.3 is 5.32 Å². The molecule has 2 atom stereocenters. The normalized spacial score (nSPS) is 13.4. The minimum atomic E-state index is -0.425. The highest BCUT2D eigenvalue weighted by atomic mass is 32.2. The average Bonchev–Trinajstić information content (AvgIpc) is 3.18. The van der Waals surface area contributed by atoms with Crippen LogP contribution in [0, 0.1) is 0 Å². The van der Waals surface area contributed by atoms with Gasteiger partial charge in [-0.3, -0.25) is 14.2 Å². The molecule has 1 N–H and O–H groups in total. The molecule has 0 aliphatic rings. The summed E-state index contributed by atoms with van der Waals surface area (Å²) in [5.74, 6) is 0.528. The van der Waals surface area contributed by atoms with Crippen molar-refractivity contribution in [1.82, 2.24) is 19.3 Å². The summed E-state index contributed by atoms with van der Waals surface area (Å²) in [6.45, 7) is 8.54. The highest BCUT2D eigenvalue weighted by Crippen LogP contribution is 2.24. The quantitative estimate of drug-likeness (QED) is 0.444. The molecule has 0 fully saturated rings. The van der Waals surface area contributed by atoms with E-state index in [4.69, 9.17) is 0 Å². The van der Waals surface area contributed by atoms with Crippen LogP contribution >= 0.6 is 11.8 Å². The van der Waals surface area contributed by atoms with E-state index < -0.39 is 5.25 Å². The smallest absolute Gasteiger partial charge is 0.262 e. The fraction of sp³-hybridized carbons (Fsp3) is 0.429. The largest absolute Gasteiger partial charge is 0.310 e. The summed E-state index contributed by atoms with van der Waals surface area (Å²) in [4.78, 5) is 30.4. The molecule has 0 saturated heterocycles. The first kappa shape index (κ1) is 21.1. The molecule has 1 aromatic carbocycles. The maximum atomic E-state index is 12.9. The van der Waals surface area contributed by atoms with Crippen LogP contribution in [0.25, 0.3) is 10.9 Å². The van der Waals surface area contributed by atoms with Crippen LogP contribution in [0.1, 0.15) is 46.6 Å². The lowest BCUT2D eigenvalue weighted by molar-refractivity contribution is -0.115. The molecular weight excluding hydrogens is 386 g/mol. The summed E-state index contributed by atoms with van der Waals surface area (Å²) in [6.07, 6.45) is 3.41. The Labute approximate surface area is 174 Å². The third-order valence-corrected chi connectivity index (χ3v) is 5.95. The summed E-state index contributed by atoms with van der Waals surface area (Å²) in [6, 6.07) is 9.30. The lowest BCUT2D eigenvalue weighted by Crippen LogP contribution is -2.28. The number of hydrogen-bond donors (Lipinski definition) is 1. The number of para-hydroxylation sites is 1. The van der Waals surface area contributed by atoms with E-state index in [2.05, 4.69) is 29.2 Å². The summed E-state index contributed by atoms with van der Waals surface area (Å²) in [5, 5.41) is 8.00. The molecule has 154 valence electrons. The van der Waals surface area contributed by atoms with E-state index in [1.807, 2.05) is 36.7 Å². The van der Waals surface area contributed by atoms with Crippen molar-refractivity contribution < 1.29 is 4.79 Å². The number of rotatable bonds is 8. The van der Waals surface area contributed by atoms with Crippen molar-refractivity contribution in [1.29, 1.82) is 0 Å². The van der Waals surface area contributed by atoms with Crippen molar-refractivity contribution in [3.8, 4) is 0 Å². The number of fused-ring (bicyclic) bond motifs is 1. The second kappa shape index (κ2) is 9.26. The molecule has 2 heterocycles. The van der Waals surface area contributed by atoms with Gasteiger partial charge in [0.15, 0.2) is 5.16 Å². The van der Waals surface area contributed by atoms with E-state index in [0.29, 0.717) is 28.4 Å². The number of aromatic nitrogens is 4. The number of nitrogens with one attached hydrogen (secondary N) is 1. The molecule has 0 unspecified atom stereocenters. The molecule has 0 bridgehead atoms. The number of anilines is 1. The van der Waals surface area contributed by atoms with E-state index in [9.17, 15) is 9.59 Å². The van der Waals surface area contributed by atoms with E-state index in [-0.39, 0.29) is 17.5 Å². The zero-order chi connectivity index (χ0) is 21.0. The van der Waals surface area contributed by atoms with E-state index in [1.165, 1.54) is 11.8 Å². The standard InChI is InChI=1S/C21H27N5O2S/c1-5-13-25-20(28)16-9-7-8-10-17(16)23-21(25)29-15(4)19(27)24-18-11-12-22-26(18)14(3)6-2/h7-12,14-15H,5-6,13H2,1-4H3,(H,24,27)/t14-,15+/m1/s1. The Morgan fingerprint density at radius 2 is 1.97 bits per heavy atom. The first-order valence-electron chi connectivity index (χ1n) is 9.96. The van der Waals surface area contributed by atoms with Crippen LogP contribution in [0.4, 0.5) is 5.82 Å². The first-order chi connectivity index (χ1) is 14.0. The van der Waals surface area contributed by atoms with Gasteiger partial charge in [0, 0.05) is 12.6 Å². The Bertz CT molecular complexity index is 1060. The van der Waals surface area contributed by atoms with Crippen molar-refractivity contribution in [2.45, 2.75) is 63.5 Å². The molecule has 0 radical (unpaired) electrons. The number of thioether (sulfide) groups is 1. The predicted molar refractivity (Wildman–Crippen MR) is 117 cm³/mol. The molecule has 7 nitrogen and oxygen atoms in total. The molecule has 0 spiro atoms. The zero-order valence-electron chi connectivity index (χ0n) is 17.3. The fourth-order valence-electron chi connectivity index (χ4n) is 3.04. The summed E-state index contributed by atoms with van der Waals surface area (Å²) in [5.41, 5.74) is 0.581. The molecule has 8 heteroatoms. The van der Waals surface area contributed by atoms with Crippen molar-refractivity contribution in [3.63, 3.8) is 0 Å². The number of carbonyl (C=O) groups excluding carboxylic acids is 1. The molecular formula is C21H27N5O2S. The van der Waals surface area contributed by atoms with Crippen LogP contribution < -0.4 is 10.9 Å². The molecule has 3 aromatic rings. The SMILES string of the molecule is CCCn1c(S[C@@H](C)C(=O)Nc2ccnn2[C@H](C)CC)nc2ccccc2c1=O. The van der Waals surface area contributed by atoms with Gasteiger partial charge in [0.25, 0.3) is 5.56 Å². The average molecular weight is 414 g/mol. The first-order valence-corrected chi connectivity index (χ1v) is 10.8. The van der Waals surface area contributed by atoms with Crippen LogP contribution in [0.2, 0.25) is 0 Å². The Kier molecular flexibility index (Phi) is 6.74. The van der Waals surface area contributed by atoms with E-state index in [1.54, 1.807) is 22.9 Å². The number of amides is 1. The number of nitrogens with zero attached hydrogens (tertiary/aromatic N) is 4. The second-order valence-electron chi connectivity index (χ2n) is 7.04. The fourth-order valence-corrected chi connectivity index (χ4v) is 3.97. The molecule has 1 amide bonds. The van der Waals surface area contributed by atoms with Gasteiger partial charge in [-0.05, 0) is 38.8 Å². The third-order valence-electron chi connectivity index (χ3n) is 4.86. The Hall–Kier alpha value is -2.61. The maximum absolute atomic E-state index is 12.9. The van der Waals surface area contributed by atoms with Gasteiger partial charge in [0.2, 0.25) is 5.91 Å². The van der Waals surface area contributed by atoms with Gasteiger partial charge in [-0.15, -0.1) is 0 Å². The lowest BCUT2D eigenvalue weighted by Gasteiger charge is -2.17. The molecule has 0 aliphatic heterocycles. The molecule has 0 saturated carbocycles. The third kappa shape index (κ3) is 4.53. The van der Waals surface area contributed by atoms with Crippen LogP contribution in [-0.2, 0) is 11.3 Å².